The zero-order chi connectivity index (χ0) is 21.9. The average molecular weight is 383 g/mol. The molecule has 0 unspecified atom stereocenters. The molecule has 0 aromatic rings. The van der Waals surface area contributed by atoms with Gasteiger partial charge in [0.25, 0.3) is 0 Å². The molecule has 0 heterocycles. The molecule has 0 aliphatic carbocycles. The van der Waals surface area contributed by atoms with E-state index in [4.69, 9.17) is 9.59 Å². The molecule has 0 aliphatic heterocycles. The van der Waals surface area contributed by atoms with Crippen molar-refractivity contribution in [3.8, 4) is 0 Å². The molecule has 0 amide bonds. The zero-order valence-electron chi connectivity index (χ0n) is 19.4. The molecule has 0 atom stereocenters. The molecule has 0 fully saturated rings. The van der Waals surface area contributed by atoms with Crippen molar-refractivity contribution >= 4 is 13.6 Å². The van der Waals surface area contributed by atoms with Crippen LogP contribution in [0.5, 0.6) is 0 Å². The first-order valence-corrected chi connectivity index (χ1v) is 9.82. The summed E-state index contributed by atoms with van der Waals surface area (Å²) in [4.78, 5) is 20.7. The summed E-state index contributed by atoms with van der Waals surface area (Å²) in [7, 11) is 6.57. The van der Waals surface area contributed by atoms with Gasteiger partial charge in [-0.05, 0) is 92.5 Å². The first-order chi connectivity index (χ1) is 12.6. The highest BCUT2D eigenvalue weighted by molar-refractivity contribution is 5.11. The first-order valence-electron chi connectivity index (χ1n) is 9.82. The van der Waals surface area contributed by atoms with Crippen LogP contribution >= 0.6 is 0 Å². The second-order valence-corrected chi connectivity index (χ2v) is 8.45. The van der Waals surface area contributed by atoms with Crippen molar-refractivity contribution in [2.45, 2.75) is 66.7 Å². The second kappa shape index (κ2) is 19.5. The quantitative estimate of drug-likeness (QED) is 0.445. The Morgan fingerprint density at radius 1 is 0.889 bits per heavy atom. The third kappa shape index (κ3) is 24.7. The summed E-state index contributed by atoms with van der Waals surface area (Å²) in [5, 5.41) is 0. The highest BCUT2D eigenvalue weighted by atomic mass is 16.1. The Bertz CT molecular complexity index is 395. The Balaban J connectivity index is -0.00000134. The summed E-state index contributed by atoms with van der Waals surface area (Å²) in [5.74, 6) is 0. The molecule has 0 radical (unpaired) electrons. The Morgan fingerprint density at radius 2 is 1.44 bits per heavy atom. The normalized spacial score (nSPS) is 11.4. The summed E-state index contributed by atoms with van der Waals surface area (Å²) in [5.41, 5.74) is 3.40. The Hall–Kier alpha value is -1.26. The molecule has 0 aliphatic rings. The molecule has 4 nitrogen and oxygen atoms in total. The van der Waals surface area contributed by atoms with E-state index in [1.165, 1.54) is 56.3 Å². The van der Waals surface area contributed by atoms with Crippen LogP contribution in [0.2, 0.25) is 0 Å². The number of nitrogens with zero attached hydrogens (tertiary/aromatic N) is 2. The highest BCUT2D eigenvalue weighted by Gasteiger charge is 2.17. The molecular formula is C23H46N2O2. The van der Waals surface area contributed by atoms with Crippen LogP contribution in [0.3, 0.4) is 0 Å². The van der Waals surface area contributed by atoms with Gasteiger partial charge in [0.2, 0.25) is 0 Å². The van der Waals surface area contributed by atoms with Gasteiger partial charge in [-0.25, -0.2) is 0 Å². The van der Waals surface area contributed by atoms with Crippen molar-refractivity contribution in [2.24, 2.45) is 5.41 Å². The third-order valence-corrected chi connectivity index (χ3v) is 4.47. The Morgan fingerprint density at radius 3 is 1.93 bits per heavy atom. The van der Waals surface area contributed by atoms with Crippen molar-refractivity contribution in [2.75, 3.05) is 40.8 Å². The number of likely N-dealkylation sites (N-methyl/N-ethyl adjacent to an activating group) is 1. The number of carbonyl (C=O) groups is 2. The lowest BCUT2D eigenvalue weighted by molar-refractivity contribution is -0.0987. The van der Waals surface area contributed by atoms with E-state index in [0.717, 1.165) is 6.54 Å². The fourth-order valence-corrected chi connectivity index (χ4v) is 2.57. The maximum atomic E-state index is 8.00. The minimum atomic E-state index is 0.460. The lowest BCUT2D eigenvalue weighted by Crippen LogP contribution is -2.24. The topological polar surface area (TPSA) is 40.6 Å². The Labute approximate surface area is 169 Å². The van der Waals surface area contributed by atoms with Gasteiger partial charge in [-0.3, -0.25) is 0 Å². The van der Waals surface area contributed by atoms with Crippen LogP contribution in [0, 0.1) is 5.41 Å². The molecule has 0 saturated heterocycles. The third-order valence-electron chi connectivity index (χ3n) is 4.47. The van der Waals surface area contributed by atoms with E-state index in [-0.39, 0.29) is 0 Å². The maximum absolute atomic E-state index is 8.00. The number of carbonyl (C=O) groups excluding carboxylic acids is 2. The summed E-state index contributed by atoms with van der Waals surface area (Å²) >= 11 is 0. The molecule has 0 N–H and O–H groups in total. The maximum Gasteiger partial charge on any atom is 0.106 e. The minimum Gasteiger partial charge on any atom is -0.309 e. The lowest BCUT2D eigenvalue weighted by Gasteiger charge is -2.27. The van der Waals surface area contributed by atoms with Crippen LogP contribution in [0.1, 0.15) is 66.7 Å². The summed E-state index contributed by atoms with van der Waals surface area (Å²) < 4.78 is 0. The van der Waals surface area contributed by atoms with Gasteiger partial charge in [-0.1, -0.05) is 37.1 Å². The number of hydrogen-bond acceptors (Lipinski definition) is 4. The fraction of sp³-hybridized carbons (Fsp3) is 0.739. The number of allylic oxidation sites excluding steroid dienone is 3. The van der Waals surface area contributed by atoms with Crippen LogP contribution in [-0.2, 0) is 9.59 Å². The fourth-order valence-electron chi connectivity index (χ4n) is 2.57. The van der Waals surface area contributed by atoms with Gasteiger partial charge >= 0.3 is 0 Å². The largest absolute Gasteiger partial charge is 0.309 e. The van der Waals surface area contributed by atoms with Crippen molar-refractivity contribution in [3.63, 3.8) is 0 Å². The van der Waals surface area contributed by atoms with E-state index >= 15 is 0 Å². The van der Waals surface area contributed by atoms with E-state index in [0.29, 0.717) is 5.41 Å². The van der Waals surface area contributed by atoms with Crippen LogP contribution in [-0.4, -0.2) is 64.2 Å². The van der Waals surface area contributed by atoms with Gasteiger partial charge in [-0.2, -0.15) is 0 Å². The molecule has 0 saturated carbocycles. The molecule has 0 bridgehead atoms. The van der Waals surface area contributed by atoms with Gasteiger partial charge in [0, 0.05) is 6.54 Å². The molecule has 27 heavy (non-hydrogen) atoms. The van der Waals surface area contributed by atoms with E-state index in [2.05, 4.69) is 77.7 Å². The lowest BCUT2D eigenvalue weighted by atomic mass is 9.84. The van der Waals surface area contributed by atoms with Crippen LogP contribution in [0.15, 0.2) is 23.3 Å². The molecule has 160 valence electrons. The average Bonchev–Trinajstić information content (AvgIpc) is 2.61. The van der Waals surface area contributed by atoms with Crippen LogP contribution in [0.25, 0.3) is 0 Å². The zero-order valence-corrected chi connectivity index (χ0v) is 19.4. The monoisotopic (exact) mass is 382 g/mol. The number of rotatable bonds is 12. The van der Waals surface area contributed by atoms with E-state index < -0.39 is 0 Å². The van der Waals surface area contributed by atoms with E-state index in [1.54, 1.807) is 0 Å². The number of hydrogen-bond donors (Lipinski definition) is 0. The summed E-state index contributed by atoms with van der Waals surface area (Å²) in [6.45, 7) is 18.9. The molecular weight excluding hydrogens is 336 g/mol. The van der Waals surface area contributed by atoms with E-state index in [1.807, 2.05) is 13.6 Å². The molecule has 0 aromatic carbocycles. The van der Waals surface area contributed by atoms with Crippen molar-refractivity contribution in [1.82, 2.24) is 9.80 Å². The molecule has 0 rings (SSSR count). The predicted molar refractivity (Wildman–Crippen MR) is 120 cm³/mol. The highest BCUT2D eigenvalue weighted by Crippen LogP contribution is 2.26. The van der Waals surface area contributed by atoms with Gasteiger partial charge in [0.05, 0.1) is 0 Å². The predicted octanol–water partition coefficient (Wildman–Crippen LogP) is 5.00. The van der Waals surface area contributed by atoms with Gasteiger partial charge in [0.15, 0.2) is 0 Å². The van der Waals surface area contributed by atoms with Crippen molar-refractivity contribution in [1.29, 1.82) is 0 Å². The molecule has 4 heteroatoms. The van der Waals surface area contributed by atoms with Crippen molar-refractivity contribution < 1.29 is 9.59 Å². The van der Waals surface area contributed by atoms with Gasteiger partial charge < -0.3 is 19.4 Å². The Kier molecular flexibility index (Phi) is 22.0. The van der Waals surface area contributed by atoms with Crippen LogP contribution < -0.4 is 0 Å². The molecule has 0 spiro atoms. The van der Waals surface area contributed by atoms with Gasteiger partial charge in [-0.15, -0.1) is 0 Å². The van der Waals surface area contributed by atoms with Crippen LogP contribution in [0.4, 0.5) is 0 Å². The summed E-state index contributed by atoms with van der Waals surface area (Å²) in [6.07, 6.45) is 11.0. The van der Waals surface area contributed by atoms with Gasteiger partial charge in [0.1, 0.15) is 13.6 Å². The SMILES string of the molecule is C=O.C=O.CC(C)=CCC/C(C)=C/CN(C)CCCC(C)(C)CCN(C)C. The summed E-state index contributed by atoms with van der Waals surface area (Å²) in [6, 6.07) is 0. The van der Waals surface area contributed by atoms with E-state index in [9.17, 15) is 0 Å². The molecule has 0 aromatic heterocycles. The minimum absolute atomic E-state index is 0.460. The standard InChI is InChI=1S/C21H42N2.2CH2O/c1-19(2)11-9-12-20(3)13-17-23(8)16-10-14-21(4,5)15-18-22(6)7;2*1-2/h11,13H,9-10,12,14-18H2,1-8H3;2*1H2/b20-13+;;. The second-order valence-electron chi connectivity index (χ2n) is 8.45. The smallest absolute Gasteiger partial charge is 0.106 e. The first kappa shape index (κ1) is 30.5. The van der Waals surface area contributed by atoms with Crippen molar-refractivity contribution in [3.05, 3.63) is 23.3 Å².